The van der Waals surface area contributed by atoms with Gasteiger partial charge in [-0.05, 0) is 40.1 Å². The van der Waals surface area contributed by atoms with Crippen molar-refractivity contribution in [3.63, 3.8) is 0 Å². The standard InChI is InChI=1S/C11H21BO3/c1-7-9(8-13-6)12-14-10(2,3)11(4,5)15-12/h7H,8H2,1-6H3/b9-7+. The SMILES string of the molecule is C/C=C(\COC)B1OC(C)(C)C(C)(C)O1. The van der Waals surface area contributed by atoms with E-state index in [1.54, 1.807) is 7.11 Å². The van der Waals surface area contributed by atoms with Crippen molar-refractivity contribution in [2.24, 2.45) is 0 Å². The molecule has 1 saturated heterocycles. The zero-order valence-corrected chi connectivity index (χ0v) is 10.6. The Hall–Kier alpha value is -0.315. The summed E-state index contributed by atoms with van der Waals surface area (Å²) >= 11 is 0. The Balaban J connectivity index is 2.78. The minimum absolute atomic E-state index is 0.278. The van der Waals surface area contributed by atoms with Crippen LogP contribution in [0.15, 0.2) is 11.5 Å². The lowest BCUT2D eigenvalue weighted by Crippen LogP contribution is -2.41. The van der Waals surface area contributed by atoms with Crippen LogP contribution in [0.3, 0.4) is 0 Å². The Kier molecular flexibility index (Phi) is 3.64. The molecule has 1 fully saturated rings. The molecule has 3 nitrogen and oxygen atoms in total. The molecule has 4 heteroatoms. The van der Waals surface area contributed by atoms with E-state index in [9.17, 15) is 0 Å². The molecule has 0 bridgehead atoms. The third kappa shape index (κ3) is 2.44. The highest BCUT2D eigenvalue weighted by Gasteiger charge is 2.52. The van der Waals surface area contributed by atoms with Crippen LogP contribution in [0.1, 0.15) is 34.6 Å². The second-order valence-corrected chi connectivity index (χ2v) is 4.88. The highest BCUT2D eigenvalue weighted by molar-refractivity contribution is 6.54. The summed E-state index contributed by atoms with van der Waals surface area (Å²) in [7, 11) is 1.40. The van der Waals surface area contributed by atoms with Crippen LogP contribution in [0, 0.1) is 0 Å². The first-order valence-electron chi connectivity index (χ1n) is 5.33. The van der Waals surface area contributed by atoms with Gasteiger partial charge in [-0.25, -0.2) is 0 Å². The summed E-state index contributed by atoms with van der Waals surface area (Å²) in [5.74, 6) is 0. The van der Waals surface area contributed by atoms with Crippen LogP contribution in [-0.2, 0) is 14.0 Å². The minimum atomic E-state index is -0.278. The van der Waals surface area contributed by atoms with E-state index in [-0.39, 0.29) is 18.3 Å². The maximum absolute atomic E-state index is 5.90. The van der Waals surface area contributed by atoms with Gasteiger partial charge in [-0.2, -0.15) is 0 Å². The van der Waals surface area contributed by atoms with E-state index in [0.717, 1.165) is 5.47 Å². The molecule has 0 atom stereocenters. The average Bonchev–Trinajstić information content (AvgIpc) is 2.32. The molecule has 1 heterocycles. The number of ether oxygens (including phenoxy) is 1. The molecule has 0 amide bonds. The summed E-state index contributed by atoms with van der Waals surface area (Å²) in [5, 5.41) is 0. The highest BCUT2D eigenvalue weighted by atomic mass is 16.7. The fraction of sp³-hybridized carbons (Fsp3) is 0.818. The van der Waals surface area contributed by atoms with Gasteiger partial charge in [0.05, 0.1) is 17.8 Å². The maximum atomic E-state index is 5.90. The Morgan fingerprint density at radius 1 is 1.20 bits per heavy atom. The topological polar surface area (TPSA) is 27.7 Å². The van der Waals surface area contributed by atoms with Gasteiger partial charge in [0, 0.05) is 7.11 Å². The third-order valence-corrected chi connectivity index (χ3v) is 3.24. The van der Waals surface area contributed by atoms with Gasteiger partial charge < -0.3 is 14.0 Å². The largest absolute Gasteiger partial charge is 0.492 e. The van der Waals surface area contributed by atoms with Gasteiger partial charge in [-0.15, -0.1) is 0 Å². The molecule has 0 saturated carbocycles. The van der Waals surface area contributed by atoms with Crippen molar-refractivity contribution < 1.29 is 14.0 Å². The number of allylic oxidation sites excluding steroid dienone is 1. The minimum Gasteiger partial charge on any atom is -0.400 e. The molecule has 0 unspecified atom stereocenters. The van der Waals surface area contributed by atoms with Crippen molar-refractivity contribution in [3.05, 3.63) is 11.5 Å². The van der Waals surface area contributed by atoms with Crippen molar-refractivity contribution in [3.8, 4) is 0 Å². The van der Waals surface area contributed by atoms with Gasteiger partial charge in [0.15, 0.2) is 0 Å². The quantitative estimate of drug-likeness (QED) is 0.671. The van der Waals surface area contributed by atoms with Crippen molar-refractivity contribution in [2.45, 2.75) is 45.8 Å². The summed E-state index contributed by atoms with van der Waals surface area (Å²) in [5.41, 5.74) is 0.482. The van der Waals surface area contributed by atoms with Crippen LogP contribution in [-0.4, -0.2) is 32.0 Å². The van der Waals surface area contributed by atoms with Crippen LogP contribution in [0.2, 0.25) is 0 Å². The molecule has 0 radical (unpaired) electrons. The summed E-state index contributed by atoms with van der Waals surface area (Å²) in [6.07, 6.45) is 1.99. The summed E-state index contributed by atoms with van der Waals surface area (Å²) < 4.78 is 16.9. The second-order valence-electron chi connectivity index (χ2n) is 4.88. The van der Waals surface area contributed by atoms with E-state index >= 15 is 0 Å². The third-order valence-electron chi connectivity index (χ3n) is 3.24. The van der Waals surface area contributed by atoms with Crippen LogP contribution in [0.5, 0.6) is 0 Å². The Morgan fingerprint density at radius 2 is 1.67 bits per heavy atom. The second kappa shape index (κ2) is 4.28. The number of rotatable bonds is 3. The lowest BCUT2D eigenvalue weighted by atomic mass is 9.78. The van der Waals surface area contributed by atoms with Gasteiger partial charge in [0.25, 0.3) is 0 Å². The Bertz CT molecular complexity index is 243. The summed E-state index contributed by atoms with van der Waals surface area (Å²) in [6, 6.07) is 0. The first-order valence-corrected chi connectivity index (χ1v) is 5.33. The fourth-order valence-electron chi connectivity index (χ4n) is 1.45. The van der Waals surface area contributed by atoms with E-state index in [1.165, 1.54) is 0 Å². The van der Waals surface area contributed by atoms with Crippen LogP contribution in [0.25, 0.3) is 0 Å². The monoisotopic (exact) mass is 212 g/mol. The lowest BCUT2D eigenvalue weighted by molar-refractivity contribution is 0.00578. The van der Waals surface area contributed by atoms with Crippen molar-refractivity contribution >= 4 is 7.12 Å². The molecule has 0 aromatic rings. The van der Waals surface area contributed by atoms with Gasteiger partial charge in [-0.1, -0.05) is 6.08 Å². The highest BCUT2D eigenvalue weighted by Crippen LogP contribution is 2.38. The van der Waals surface area contributed by atoms with Gasteiger partial charge in [0.1, 0.15) is 0 Å². The maximum Gasteiger partial charge on any atom is 0.492 e. The number of hydrogen-bond acceptors (Lipinski definition) is 3. The molecule has 1 aliphatic heterocycles. The normalized spacial score (nSPS) is 24.7. The molecule has 0 N–H and O–H groups in total. The Morgan fingerprint density at radius 3 is 2.00 bits per heavy atom. The average molecular weight is 212 g/mol. The molecule has 0 aromatic carbocycles. The summed E-state index contributed by atoms with van der Waals surface area (Å²) in [4.78, 5) is 0. The Labute approximate surface area is 92.9 Å². The van der Waals surface area contributed by atoms with Gasteiger partial charge >= 0.3 is 7.12 Å². The van der Waals surface area contributed by atoms with E-state index in [4.69, 9.17) is 14.0 Å². The smallest absolute Gasteiger partial charge is 0.400 e. The molecule has 0 aromatic heterocycles. The lowest BCUT2D eigenvalue weighted by Gasteiger charge is -2.32. The van der Waals surface area contributed by atoms with E-state index < -0.39 is 0 Å². The zero-order valence-electron chi connectivity index (χ0n) is 10.6. The van der Waals surface area contributed by atoms with Crippen molar-refractivity contribution in [2.75, 3.05) is 13.7 Å². The first-order chi connectivity index (χ1) is 6.84. The molecule has 15 heavy (non-hydrogen) atoms. The van der Waals surface area contributed by atoms with E-state index in [1.807, 2.05) is 40.7 Å². The van der Waals surface area contributed by atoms with Gasteiger partial charge in [-0.3, -0.25) is 0 Å². The van der Waals surface area contributed by atoms with E-state index in [2.05, 4.69) is 0 Å². The summed E-state index contributed by atoms with van der Waals surface area (Å²) in [6.45, 7) is 10.7. The van der Waals surface area contributed by atoms with Crippen LogP contribution < -0.4 is 0 Å². The predicted molar refractivity (Wildman–Crippen MR) is 61.7 cm³/mol. The van der Waals surface area contributed by atoms with Crippen LogP contribution in [0.4, 0.5) is 0 Å². The van der Waals surface area contributed by atoms with Crippen LogP contribution >= 0.6 is 0 Å². The molecule has 0 spiro atoms. The number of hydrogen-bond donors (Lipinski definition) is 0. The zero-order chi connectivity index (χ0) is 11.7. The van der Waals surface area contributed by atoms with Crippen molar-refractivity contribution in [1.82, 2.24) is 0 Å². The van der Waals surface area contributed by atoms with E-state index in [0.29, 0.717) is 6.61 Å². The molecule has 86 valence electrons. The first kappa shape index (κ1) is 12.8. The molecule has 1 aliphatic rings. The number of methoxy groups -OCH3 is 1. The molecular formula is C11H21BO3. The molecular weight excluding hydrogens is 191 g/mol. The fourth-order valence-corrected chi connectivity index (χ4v) is 1.45. The predicted octanol–water partition coefficient (Wildman–Crippen LogP) is 2.21. The molecule has 1 rings (SSSR count). The molecule has 0 aliphatic carbocycles. The van der Waals surface area contributed by atoms with Crippen molar-refractivity contribution in [1.29, 1.82) is 0 Å². The van der Waals surface area contributed by atoms with Gasteiger partial charge in [0.2, 0.25) is 0 Å².